The van der Waals surface area contributed by atoms with E-state index in [2.05, 4.69) is 4.72 Å². The SMILES string of the molecule is COc1ccc(S(=O)(=O)NCc2c(C)cc(B3OC(C)(C)C(C)(C)O3)cc2C)cc1. The van der Waals surface area contributed by atoms with E-state index in [1.165, 1.54) is 12.1 Å². The van der Waals surface area contributed by atoms with Gasteiger partial charge in [-0.25, -0.2) is 13.1 Å². The number of aryl methyl sites for hydroxylation is 2. The van der Waals surface area contributed by atoms with Crippen LogP contribution in [-0.2, 0) is 25.9 Å². The van der Waals surface area contributed by atoms with Crippen LogP contribution in [0.25, 0.3) is 0 Å². The number of hydrogen-bond acceptors (Lipinski definition) is 5. The van der Waals surface area contributed by atoms with Crippen molar-refractivity contribution in [3.8, 4) is 5.75 Å². The third-order valence-corrected chi connectivity index (χ3v) is 7.47. The summed E-state index contributed by atoms with van der Waals surface area (Å²) in [6, 6.07) is 10.3. The summed E-state index contributed by atoms with van der Waals surface area (Å²) >= 11 is 0. The topological polar surface area (TPSA) is 73.9 Å². The zero-order chi connectivity index (χ0) is 22.3. The summed E-state index contributed by atoms with van der Waals surface area (Å²) < 4.78 is 45.4. The van der Waals surface area contributed by atoms with E-state index in [0.29, 0.717) is 5.75 Å². The molecule has 0 aromatic heterocycles. The van der Waals surface area contributed by atoms with Crippen LogP contribution in [0.15, 0.2) is 41.3 Å². The zero-order valence-electron chi connectivity index (χ0n) is 18.7. The van der Waals surface area contributed by atoms with Gasteiger partial charge in [-0.1, -0.05) is 12.1 Å². The minimum Gasteiger partial charge on any atom is -0.497 e. The molecule has 30 heavy (non-hydrogen) atoms. The molecule has 6 nitrogen and oxygen atoms in total. The van der Waals surface area contributed by atoms with E-state index < -0.39 is 28.3 Å². The number of sulfonamides is 1. The normalized spacial score (nSPS) is 17.9. The van der Waals surface area contributed by atoms with Crippen molar-refractivity contribution in [1.82, 2.24) is 4.72 Å². The highest BCUT2D eigenvalue weighted by molar-refractivity contribution is 7.89. The summed E-state index contributed by atoms with van der Waals surface area (Å²) in [5, 5.41) is 0. The van der Waals surface area contributed by atoms with Gasteiger partial charge in [0.2, 0.25) is 10.0 Å². The first-order valence-corrected chi connectivity index (χ1v) is 11.4. The molecular weight excluding hydrogens is 401 g/mol. The molecule has 8 heteroatoms. The van der Waals surface area contributed by atoms with Crippen LogP contribution in [0.5, 0.6) is 5.75 Å². The molecule has 3 rings (SSSR count). The molecule has 0 amide bonds. The molecule has 1 aliphatic heterocycles. The lowest BCUT2D eigenvalue weighted by Gasteiger charge is -2.32. The minimum absolute atomic E-state index is 0.201. The first-order valence-electron chi connectivity index (χ1n) is 9.96. The van der Waals surface area contributed by atoms with Crippen molar-refractivity contribution in [3.05, 3.63) is 53.1 Å². The Morgan fingerprint density at radius 3 is 1.93 bits per heavy atom. The third kappa shape index (κ3) is 4.42. The minimum atomic E-state index is -3.63. The molecule has 0 spiro atoms. The maximum atomic E-state index is 12.7. The Morgan fingerprint density at radius 1 is 0.967 bits per heavy atom. The molecule has 2 aromatic carbocycles. The molecule has 0 radical (unpaired) electrons. The fourth-order valence-electron chi connectivity index (χ4n) is 3.43. The Morgan fingerprint density at radius 2 is 1.47 bits per heavy atom. The second kappa shape index (κ2) is 8.00. The molecule has 0 saturated carbocycles. The predicted molar refractivity (Wildman–Crippen MR) is 119 cm³/mol. The maximum absolute atomic E-state index is 12.7. The van der Waals surface area contributed by atoms with Crippen LogP contribution in [0, 0.1) is 13.8 Å². The van der Waals surface area contributed by atoms with E-state index in [1.807, 2.05) is 53.7 Å². The van der Waals surface area contributed by atoms with Crippen LogP contribution < -0.4 is 14.9 Å². The predicted octanol–water partition coefficient (Wildman–Crippen LogP) is 3.09. The van der Waals surface area contributed by atoms with Crippen molar-refractivity contribution in [2.45, 2.75) is 64.2 Å². The molecule has 162 valence electrons. The van der Waals surface area contributed by atoms with Crippen molar-refractivity contribution in [3.63, 3.8) is 0 Å². The van der Waals surface area contributed by atoms with Crippen LogP contribution in [0.2, 0.25) is 0 Å². The molecule has 0 unspecified atom stereocenters. The second-order valence-electron chi connectivity index (χ2n) is 8.72. The number of nitrogens with one attached hydrogen (secondary N) is 1. The van der Waals surface area contributed by atoms with Gasteiger partial charge in [0.15, 0.2) is 0 Å². The molecule has 0 bridgehead atoms. The quantitative estimate of drug-likeness (QED) is 0.712. The largest absolute Gasteiger partial charge is 0.497 e. The van der Waals surface area contributed by atoms with Gasteiger partial charge in [0.1, 0.15) is 5.75 Å². The first kappa shape index (κ1) is 22.8. The van der Waals surface area contributed by atoms with Crippen LogP contribution in [-0.4, -0.2) is 33.8 Å². The van der Waals surface area contributed by atoms with Crippen molar-refractivity contribution in [2.24, 2.45) is 0 Å². The molecule has 1 heterocycles. The molecule has 1 aliphatic rings. The molecule has 0 atom stereocenters. The maximum Gasteiger partial charge on any atom is 0.494 e. The highest BCUT2D eigenvalue weighted by Gasteiger charge is 2.51. The molecule has 0 aliphatic carbocycles. The Hall–Kier alpha value is -1.87. The number of methoxy groups -OCH3 is 1. The van der Waals surface area contributed by atoms with Crippen molar-refractivity contribution in [2.75, 3.05) is 7.11 Å². The van der Waals surface area contributed by atoms with E-state index in [1.54, 1.807) is 19.2 Å². The van der Waals surface area contributed by atoms with E-state index in [0.717, 1.165) is 22.2 Å². The van der Waals surface area contributed by atoms with Crippen molar-refractivity contribution in [1.29, 1.82) is 0 Å². The summed E-state index contributed by atoms with van der Waals surface area (Å²) in [6.07, 6.45) is 0. The molecule has 1 fully saturated rings. The Kier molecular flexibility index (Phi) is 6.08. The lowest BCUT2D eigenvalue weighted by Crippen LogP contribution is -2.41. The smallest absolute Gasteiger partial charge is 0.494 e. The number of ether oxygens (including phenoxy) is 1. The monoisotopic (exact) mass is 431 g/mol. The van der Waals surface area contributed by atoms with Gasteiger partial charge < -0.3 is 14.0 Å². The first-order chi connectivity index (χ1) is 13.9. The van der Waals surface area contributed by atoms with Gasteiger partial charge in [-0.05, 0) is 88.0 Å². The van der Waals surface area contributed by atoms with E-state index in [4.69, 9.17) is 14.0 Å². The van der Waals surface area contributed by atoms with Gasteiger partial charge in [-0.3, -0.25) is 0 Å². The highest BCUT2D eigenvalue weighted by Crippen LogP contribution is 2.36. The fraction of sp³-hybridized carbons (Fsp3) is 0.455. The van der Waals surface area contributed by atoms with Gasteiger partial charge >= 0.3 is 7.12 Å². The highest BCUT2D eigenvalue weighted by atomic mass is 32.2. The van der Waals surface area contributed by atoms with E-state index in [9.17, 15) is 8.42 Å². The van der Waals surface area contributed by atoms with Crippen LogP contribution in [0.4, 0.5) is 0 Å². The second-order valence-corrected chi connectivity index (χ2v) is 10.5. The Balaban J connectivity index is 1.78. The summed E-state index contributed by atoms with van der Waals surface area (Å²) in [6.45, 7) is 12.2. The van der Waals surface area contributed by atoms with Crippen molar-refractivity contribution < 1.29 is 22.5 Å². The standard InChI is InChI=1S/C22H30BNO5S/c1-15-12-17(23-28-21(3,4)22(5,6)29-23)13-16(2)20(15)14-24-30(25,26)19-10-8-18(27-7)9-11-19/h8-13,24H,14H2,1-7H3. The van der Waals surface area contributed by atoms with Crippen molar-refractivity contribution >= 4 is 22.6 Å². The zero-order valence-corrected chi connectivity index (χ0v) is 19.5. The van der Waals surface area contributed by atoms with Gasteiger partial charge in [-0.15, -0.1) is 0 Å². The van der Waals surface area contributed by atoms with Gasteiger partial charge in [0.25, 0.3) is 0 Å². The van der Waals surface area contributed by atoms with Gasteiger partial charge in [0.05, 0.1) is 23.2 Å². The summed E-state index contributed by atoms with van der Waals surface area (Å²) in [5.41, 5.74) is 3.02. The molecule has 1 saturated heterocycles. The number of benzene rings is 2. The van der Waals surface area contributed by atoms with E-state index >= 15 is 0 Å². The Labute approximate surface area is 180 Å². The average molecular weight is 431 g/mol. The molecule has 2 aromatic rings. The number of rotatable bonds is 6. The number of hydrogen-bond donors (Lipinski definition) is 1. The Bertz CT molecular complexity index is 993. The summed E-state index contributed by atoms with van der Waals surface area (Å²) in [4.78, 5) is 0.201. The van der Waals surface area contributed by atoms with Crippen LogP contribution in [0.1, 0.15) is 44.4 Å². The van der Waals surface area contributed by atoms with Crippen LogP contribution in [0.3, 0.4) is 0 Å². The third-order valence-electron chi connectivity index (χ3n) is 6.05. The average Bonchev–Trinajstić information content (AvgIpc) is 2.88. The summed E-state index contributed by atoms with van der Waals surface area (Å²) in [7, 11) is -2.53. The van der Waals surface area contributed by atoms with Gasteiger partial charge in [-0.2, -0.15) is 0 Å². The van der Waals surface area contributed by atoms with E-state index in [-0.39, 0.29) is 11.4 Å². The van der Waals surface area contributed by atoms with Gasteiger partial charge in [0, 0.05) is 6.54 Å². The molecular formula is C22H30BNO5S. The lowest BCUT2D eigenvalue weighted by molar-refractivity contribution is 0.00578. The van der Waals surface area contributed by atoms with Crippen LogP contribution >= 0.6 is 0 Å². The molecule has 1 N–H and O–H groups in total. The lowest BCUT2D eigenvalue weighted by atomic mass is 9.76. The summed E-state index contributed by atoms with van der Waals surface area (Å²) in [5.74, 6) is 0.610. The fourth-order valence-corrected chi connectivity index (χ4v) is 4.42.